The average Bonchev–Trinajstić information content (AvgIpc) is 3.39. The molecule has 2 amide bonds. The SMILES string of the molecule is CC[C@@H]1[C@@H]2CN(C(=O)[C@H](C3(C)CCCC3)NC(=O)O[C@@H]3C[C@H]3CCCCCc3nc4ccc(OC)cc4nc3O2)[C@@H]1C(C)=O. The molecule has 1 aromatic carbocycles. The Bertz CT molecular complexity index is 1410. The van der Waals surface area contributed by atoms with E-state index in [9.17, 15) is 14.4 Å². The molecule has 4 aliphatic rings. The number of methoxy groups -OCH3 is 1. The van der Waals surface area contributed by atoms with Gasteiger partial charge in [-0.25, -0.2) is 14.8 Å². The fraction of sp³-hybridized carbons (Fsp3) is 0.676. The standard InChI is InChI=1S/C34H46N4O6/c1-5-23-28-19-38(29(23)20(2)39)32(40)30(34(3)15-9-10-16-34)37-33(41)44-27-17-21(27)11-7-6-8-12-25-31(43-28)36-26-18-22(42-4)13-14-24(26)35-25/h13-14,18,21,23,27-30H,5-12,15-17,19H2,1-4H3,(H,37,41)/t21-,23-,27-,28+,29-,30-/m1/s1. The number of nitrogens with one attached hydrogen (secondary N) is 1. The van der Waals surface area contributed by atoms with E-state index in [0.29, 0.717) is 35.9 Å². The summed E-state index contributed by atoms with van der Waals surface area (Å²) in [7, 11) is 1.62. The Labute approximate surface area is 259 Å². The van der Waals surface area contributed by atoms with E-state index in [-0.39, 0.29) is 30.3 Å². The summed E-state index contributed by atoms with van der Waals surface area (Å²) in [5.41, 5.74) is 1.81. The lowest BCUT2D eigenvalue weighted by Gasteiger charge is -2.37. The quantitative estimate of drug-likeness (QED) is 0.492. The summed E-state index contributed by atoms with van der Waals surface area (Å²) < 4.78 is 17.9. The highest BCUT2D eigenvalue weighted by Crippen LogP contribution is 2.43. The number of amides is 2. The summed E-state index contributed by atoms with van der Waals surface area (Å²) in [5.74, 6) is 0.940. The maximum atomic E-state index is 14.5. The molecule has 238 valence electrons. The van der Waals surface area contributed by atoms with E-state index >= 15 is 0 Å². The van der Waals surface area contributed by atoms with Crippen LogP contribution in [0.3, 0.4) is 0 Å². The lowest BCUT2D eigenvalue weighted by atomic mass is 9.79. The minimum absolute atomic E-state index is 0.0875. The molecule has 3 heterocycles. The van der Waals surface area contributed by atoms with Gasteiger partial charge in [-0.1, -0.05) is 39.5 Å². The van der Waals surface area contributed by atoms with E-state index < -0.39 is 29.7 Å². The predicted molar refractivity (Wildman–Crippen MR) is 165 cm³/mol. The molecule has 0 unspecified atom stereocenters. The Hall–Kier alpha value is -3.43. The van der Waals surface area contributed by atoms with Gasteiger partial charge < -0.3 is 24.4 Å². The summed E-state index contributed by atoms with van der Waals surface area (Å²) >= 11 is 0. The number of nitrogens with zero attached hydrogens (tertiary/aromatic N) is 3. The number of alkyl carbamates (subject to hydrolysis) is 1. The summed E-state index contributed by atoms with van der Waals surface area (Å²) in [6.07, 6.45) is 8.74. The van der Waals surface area contributed by atoms with Gasteiger partial charge in [0.05, 0.1) is 30.7 Å². The maximum absolute atomic E-state index is 14.5. The van der Waals surface area contributed by atoms with E-state index in [1.165, 1.54) is 0 Å². The van der Waals surface area contributed by atoms with Gasteiger partial charge in [0.25, 0.3) is 0 Å². The molecule has 10 nitrogen and oxygen atoms in total. The molecule has 3 fully saturated rings. The summed E-state index contributed by atoms with van der Waals surface area (Å²) in [4.78, 5) is 52.5. The Morgan fingerprint density at radius 2 is 1.86 bits per heavy atom. The third kappa shape index (κ3) is 6.09. The van der Waals surface area contributed by atoms with Gasteiger partial charge in [0, 0.05) is 12.0 Å². The molecular formula is C34H46N4O6. The van der Waals surface area contributed by atoms with Gasteiger partial charge in [-0.05, 0) is 75.3 Å². The maximum Gasteiger partial charge on any atom is 0.408 e. The van der Waals surface area contributed by atoms with Crippen LogP contribution in [-0.2, 0) is 20.7 Å². The van der Waals surface area contributed by atoms with Crippen LogP contribution < -0.4 is 14.8 Å². The number of carbonyl (C=O) groups excluding carboxylic acids is 3. The Morgan fingerprint density at radius 1 is 1.07 bits per heavy atom. The van der Waals surface area contributed by atoms with Crippen molar-refractivity contribution in [1.29, 1.82) is 0 Å². The highest BCUT2D eigenvalue weighted by Gasteiger charge is 2.52. The van der Waals surface area contributed by atoms with Crippen LogP contribution in [0, 0.1) is 17.3 Å². The number of rotatable bonds is 4. The van der Waals surface area contributed by atoms with Gasteiger partial charge in [0.2, 0.25) is 11.8 Å². The molecule has 1 N–H and O–H groups in total. The van der Waals surface area contributed by atoms with Gasteiger partial charge in [0.15, 0.2) is 5.78 Å². The van der Waals surface area contributed by atoms with Crippen molar-refractivity contribution in [3.05, 3.63) is 23.9 Å². The number of benzene rings is 1. The number of fused-ring (bicyclic) bond motifs is 5. The first-order valence-corrected chi connectivity index (χ1v) is 16.5. The van der Waals surface area contributed by atoms with Crippen molar-refractivity contribution in [3.8, 4) is 11.6 Å². The zero-order valence-electron chi connectivity index (χ0n) is 26.5. The molecular weight excluding hydrogens is 560 g/mol. The highest BCUT2D eigenvalue weighted by atomic mass is 16.6. The van der Waals surface area contributed by atoms with Crippen LogP contribution in [0.15, 0.2) is 18.2 Å². The minimum Gasteiger partial charge on any atom is -0.497 e. The molecule has 2 saturated carbocycles. The number of ether oxygens (including phenoxy) is 3. The van der Waals surface area contributed by atoms with Gasteiger partial charge in [-0.15, -0.1) is 0 Å². The topological polar surface area (TPSA) is 120 Å². The summed E-state index contributed by atoms with van der Waals surface area (Å²) in [5, 5.41) is 2.99. The van der Waals surface area contributed by atoms with Gasteiger partial charge in [-0.3, -0.25) is 9.59 Å². The highest BCUT2D eigenvalue weighted by molar-refractivity contribution is 5.93. The number of carbonyl (C=O) groups is 3. The van der Waals surface area contributed by atoms with Crippen LogP contribution in [0.5, 0.6) is 11.6 Å². The Morgan fingerprint density at radius 3 is 2.59 bits per heavy atom. The molecule has 6 atom stereocenters. The fourth-order valence-corrected chi connectivity index (χ4v) is 7.82. The van der Waals surface area contributed by atoms with Crippen molar-refractivity contribution >= 4 is 28.8 Å². The van der Waals surface area contributed by atoms with Crippen molar-refractivity contribution in [1.82, 2.24) is 20.2 Å². The number of hydrogen-bond donors (Lipinski definition) is 1. The van der Waals surface area contributed by atoms with Gasteiger partial charge in [0.1, 0.15) is 29.7 Å². The monoisotopic (exact) mass is 606 g/mol. The molecule has 2 bridgehead atoms. The lowest BCUT2D eigenvalue weighted by Crippen LogP contribution is -2.58. The third-order valence-corrected chi connectivity index (χ3v) is 10.5. The molecule has 0 spiro atoms. The zero-order chi connectivity index (χ0) is 31.0. The number of aromatic nitrogens is 2. The molecule has 44 heavy (non-hydrogen) atoms. The van der Waals surface area contributed by atoms with E-state index in [2.05, 4.69) is 12.2 Å². The van der Waals surface area contributed by atoms with Crippen molar-refractivity contribution < 1.29 is 28.6 Å². The first-order chi connectivity index (χ1) is 21.2. The summed E-state index contributed by atoms with van der Waals surface area (Å²) in [6.45, 7) is 5.87. The number of ketones is 1. The second kappa shape index (κ2) is 12.5. The average molecular weight is 607 g/mol. The van der Waals surface area contributed by atoms with E-state index in [1.54, 1.807) is 18.9 Å². The molecule has 1 saturated heterocycles. The fourth-order valence-electron chi connectivity index (χ4n) is 7.82. The Balaban J connectivity index is 1.38. The predicted octanol–water partition coefficient (Wildman–Crippen LogP) is 5.39. The van der Waals surface area contributed by atoms with Crippen LogP contribution in [0.2, 0.25) is 0 Å². The first kappa shape index (κ1) is 30.6. The largest absolute Gasteiger partial charge is 0.497 e. The number of hydrogen-bond acceptors (Lipinski definition) is 8. The van der Waals surface area contributed by atoms with Crippen molar-refractivity contribution in [2.45, 2.75) is 116 Å². The van der Waals surface area contributed by atoms with E-state index in [1.807, 2.05) is 25.1 Å². The molecule has 10 heteroatoms. The normalized spacial score (nSPS) is 30.7. The van der Waals surface area contributed by atoms with Crippen molar-refractivity contribution in [3.63, 3.8) is 0 Å². The van der Waals surface area contributed by atoms with Crippen LogP contribution in [0.4, 0.5) is 4.79 Å². The minimum atomic E-state index is -0.782. The Kier molecular flexibility index (Phi) is 8.70. The first-order valence-electron chi connectivity index (χ1n) is 16.5. The van der Waals surface area contributed by atoms with Crippen LogP contribution in [-0.4, -0.2) is 70.6 Å². The molecule has 1 aromatic heterocycles. The van der Waals surface area contributed by atoms with Crippen LogP contribution >= 0.6 is 0 Å². The van der Waals surface area contributed by atoms with E-state index in [0.717, 1.165) is 69.0 Å². The number of aryl methyl sites for hydroxylation is 1. The zero-order valence-corrected chi connectivity index (χ0v) is 26.5. The lowest BCUT2D eigenvalue weighted by molar-refractivity contribution is -0.142. The molecule has 2 aromatic rings. The van der Waals surface area contributed by atoms with Gasteiger partial charge in [-0.2, -0.15) is 0 Å². The van der Waals surface area contributed by atoms with Gasteiger partial charge >= 0.3 is 6.09 Å². The van der Waals surface area contributed by atoms with E-state index in [4.69, 9.17) is 24.2 Å². The molecule has 2 aliphatic carbocycles. The molecule has 6 rings (SSSR count). The van der Waals surface area contributed by atoms with Crippen LogP contribution in [0.25, 0.3) is 11.0 Å². The van der Waals surface area contributed by atoms with Crippen molar-refractivity contribution in [2.75, 3.05) is 13.7 Å². The molecule has 2 aliphatic heterocycles. The smallest absolute Gasteiger partial charge is 0.408 e. The second-order valence-electron chi connectivity index (χ2n) is 13.6. The third-order valence-electron chi connectivity index (χ3n) is 10.5. The van der Waals surface area contributed by atoms with Crippen molar-refractivity contribution in [2.24, 2.45) is 17.3 Å². The molecule has 0 radical (unpaired) electrons. The van der Waals surface area contributed by atoms with Crippen LogP contribution in [0.1, 0.15) is 90.7 Å². The number of Topliss-reactive ketones (excluding diaryl/α,β-unsaturated/α-hetero) is 1. The second-order valence-corrected chi connectivity index (χ2v) is 13.6. The summed E-state index contributed by atoms with van der Waals surface area (Å²) in [6, 6.07) is 4.20.